The van der Waals surface area contributed by atoms with Gasteiger partial charge >= 0.3 is 5.91 Å². The highest BCUT2D eigenvalue weighted by Gasteiger charge is 2.23. The van der Waals surface area contributed by atoms with Crippen LogP contribution in [0.2, 0.25) is 0 Å². The van der Waals surface area contributed by atoms with Crippen LogP contribution in [0.4, 0.5) is 0 Å². The second-order valence-corrected chi connectivity index (χ2v) is 7.85. The average molecular weight is 389 g/mol. The molecule has 1 unspecified atom stereocenters. The maximum absolute atomic E-state index is 12.9. The van der Waals surface area contributed by atoms with Crippen molar-refractivity contribution in [1.82, 2.24) is 4.72 Å². The highest BCUT2D eigenvalue weighted by atomic mass is 32.2. The minimum Gasteiger partial charge on any atom is -0.588 e. The Hall–Kier alpha value is -3.02. The molecule has 0 aliphatic heterocycles. The number of carbonyl (C=O) groups is 1. The van der Waals surface area contributed by atoms with Gasteiger partial charge in [-0.25, -0.2) is 0 Å². The SMILES string of the molecule is Cc1cc(C)c2cc(C(=O)N[S+]([O-])c3ccccc3-c3ccccc3)oc2c1. The molecule has 28 heavy (non-hydrogen) atoms. The van der Waals surface area contributed by atoms with Gasteiger partial charge in [-0.15, -0.1) is 0 Å². The van der Waals surface area contributed by atoms with E-state index in [1.165, 1.54) is 0 Å². The smallest absolute Gasteiger partial charge is 0.328 e. The van der Waals surface area contributed by atoms with Gasteiger partial charge in [-0.05, 0) is 54.8 Å². The Kier molecular flexibility index (Phi) is 4.94. The molecule has 0 saturated heterocycles. The number of benzene rings is 3. The fraction of sp³-hybridized carbons (Fsp3) is 0.0870. The lowest BCUT2D eigenvalue weighted by atomic mass is 10.1. The van der Waals surface area contributed by atoms with Gasteiger partial charge in [0.05, 0.1) is 0 Å². The van der Waals surface area contributed by atoms with Crippen LogP contribution in [-0.2, 0) is 11.4 Å². The summed E-state index contributed by atoms with van der Waals surface area (Å²) in [6, 6.07) is 22.6. The highest BCUT2D eigenvalue weighted by Crippen LogP contribution is 2.28. The average Bonchev–Trinajstić information content (AvgIpc) is 3.13. The van der Waals surface area contributed by atoms with E-state index in [1.807, 2.05) is 68.4 Å². The van der Waals surface area contributed by atoms with Gasteiger partial charge in [-0.2, -0.15) is 4.72 Å². The van der Waals surface area contributed by atoms with Gasteiger partial charge in [-0.3, -0.25) is 4.79 Å². The molecule has 5 heteroatoms. The van der Waals surface area contributed by atoms with Gasteiger partial charge in [0.25, 0.3) is 0 Å². The van der Waals surface area contributed by atoms with Gasteiger partial charge in [0.2, 0.25) is 0 Å². The summed E-state index contributed by atoms with van der Waals surface area (Å²) in [6.07, 6.45) is 0. The zero-order chi connectivity index (χ0) is 19.7. The Balaban J connectivity index is 1.62. The molecule has 1 heterocycles. The predicted octanol–water partition coefficient (Wildman–Crippen LogP) is 5.17. The minimum atomic E-state index is -1.72. The molecule has 1 aromatic heterocycles. The summed E-state index contributed by atoms with van der Waals surface area (Å²) in [6.45, 7) is 3.95. The lowest BCUT2D eigenvalue weighted by molar-refractivity contribution is 0.0956. The number of furan rings is 1. The van der Waals surface area contributed by atoms with Crippen LogP contribution in [0.5, 0.6) is 0 Å². The van der Waals surface area contributed by atoms with Gasteiger partial charge in [-0.1, -0.05) is 48.5 Å². The third-order valence-corrected chi connectivity index (χ3v) is 5.70. The normalized spacial score (nSPS) is 12.1. The number of hydrogen-bond donors (Lipinski definition) is 1. The third kappa shape index (κ3) is 3.54. The predicted molar refractivity (Wildman–Crippen MR) is 111 cm³/mol. The molecule has 3 aromatic carbocycles. The lowest BCUT2D eigenvalue weighted by Gasteiger charge is -2.13. The largest absolute Gasteiger partial charge is 0.588 e. The van der Waals surface area contributed by atoms with Gasteiger partial charge in [0, 0.05) is 10.9 Å². The fourth-order valence-electron chi connectivity index (χ4n) is 3.27. The molecule has 0 spiro atoms. The molecule has 0 aliphatic rings. The van der Waals surface area contributed by atoms with E-state index in [9.17, 15) is 9.35 Å². The number of carbonyl (C=O) groups excluding carboxylic acids is 1. The Morgan fingerprint density at radius 2 is 1.68 bits per heavy atom. The molecule has 0 fully saturated rings. The van der Waals surface area contributed by atoms with E-state index in [-0.39, 0.29) is 5.76 Å². The van der Waals surface area contributed by atoms with E-state index in [1.54, 1.807) is 18.2 Å². The minimum absolute atomic E-state index is 0.147. The molecule has 1 amide bonds. The molecule has 0 aliphatic carbocycles. The molecule has 1 atom stereocenters. The van der Waals surface area contributed by atoms with E-state index in [2.05, 4.69) is 4.72 Å². The summed E-state index contributed by atoms with van der Waals surface area (Å²) in [5.41, 5.74) is 4.51. The lowest BCUT2D eigenvalue weighted by Crippen LogP contribution is -2.30. The molecule has 4 aromatic rings. The molecule has 0 bridgehead atoms. The quantitative estimate of drug-likeness (QED) is 0.490. The summed E-state index contributed by atoms with van der Waals surface area (Å²) in [5, 5.41) is 0.881. The molecule has 4 nitrogen and oxygen atoms in total. The van der Waals surface area contributed by atoms with Crippen LogP contribution in [0, 0.1) is 13.8 Å². The van der Waals surface area contributed by atoms with Crippen molar-refractivity contribution in [2.45, 2.75) is 18.7 Å². The monoisotopic (exact) mass is 389 g/mol. The van der Waals surface area contributed by atoms with Crippen molar-refractivity contribution < 1.29 is 13.8 Å². The van der Waals surface area contributed by atoms with Crippen molar-refractivity contribution in [3.63, 3.8) is 0 Å². The molecule has 140 valence electrons. The van der Waals surface area contributed by atoms with Crippen LogP contribution in [-0.4, -0.2) is 10.5 Å². The van der Waals surface area contributed by atoms with Crippen molar-refractivity contribution in [3.8, 4) is 11.1 Å². The number of hydrogen-bond acceptors (Lipinski definition) is 3. The van der Waals surface area contributed by atoms with Gasteiger partial charge in [0.15, 0.2) is 10.7 Å². The number of amides is 1. The van der Waals surface area contributed by atoms with Gasteiger partial charge in [0.1, 0.15) is 16.9 Å². The summed E-state index contributed by atoms with van der Waals surface area (Å²) >= 11 is -1.72. The van der Waals surface area contributed by atoms with Crippen molar-refractivity contribution in [1.29, 1.82) is 0 Å². The van der Waals surface area contributed by atoms with Gasteiger partial charge < -0.3 is 8.97 Å². The van der Waals surface area contributed by atoms with E-state index >= 15 is 0 Å². The summed E-state index contributed by atoms with van der Waals surface area (Å²) in [7, 11) is 0. The highest BCUT2D eigenvalue weighted by molar-refractivity contribution is 7.90. The first-order valence-electron chi connectivity index (χ1n) is 8.91. The Morgan fingerprint density at radius 1 is 0.964 bits per heavy atom. The van der Waals surface area contributed by atoms with Crippen molar-refractivity contribution in [3.05, 3.63) is 89.7 Å². The van der Waals surface area contributed by atoms with E-state index in [4.69, 9.17) is 4.42 Å². The van der Waals surface area contributed by atoms with Crippen molar-refractivity contribution >= 4 is 28.2 Å². The van der Waals surface area contributed by atoms with E-state index in [0.717, 1.165) is 27.6 Å². The molecule has 0 saturated carbocycles. The second-order valence-electron chi connectivity index (χ2n) is 6.67. The molecular weight excluding hydrogens is 370 g/mol. The first-order valence-corrected chi connectivity index (χ1v) is 10.1. The topological polar surface area (TPSA) is 65.3 Å². The van der Waals surface area contributed by atoms with E-state index < -0.39 is 17.3 Å². The fourth-order valence-corrected chi connectivity index (χ4v) is 4.24. The molecule has 4 rings (SSSR count). The second kappa shape index (κ2) is 7.54. The van der Waals surface area contributed by atoms with Crippen molar-refractivity contribution in [2.24, 2.45) is 0 Å². The van der Waals surface area contributed by atoms with Crippen LogP contribution >= 0.6 is 0 Å². The third-order valence-electron chi connectivity index (χ3n) is 4.57. The molecule has 1 N–H and O–H groups in total. The first-order chi connectivity index (χ1) is 13.5. The van der Waals surface area contributed by atoms with Crippen LogP contribution < -0.4 is 4.72 Å². The van der Waals surface area contributed by atoms with Crippen molar-refractivity contribution in [2.75, 3.05) is 0 Å². The number of fused-ring (bicyclic) bond motifs is 1. The van der Waals surface area contributed by atoms with Crippen LogP contribution in [0.3, 0.4) is 0 Å². The number of rotatable bonds is 4. The number of aryl methyl sites for hydroxylation is 2. The summed E-state index contributed by atoms with van der Waals surface area (Å²) < 4.78 is 21.2. The molecule has 0 radical (unpaired) electrons. The molecular formula is C23H19NO3S. The Morgan fingerprint density at radius 3 is 2.46 bits per heavy atom. The zero-order valence-electron chi connectivity index (χ0n) is 15.6. The van der Waals surface area contributed by atoms with E-state index in [0.29, 0.717) is 10.5 Å². The van der Waals surface area contributed by atoms with Crippen LogP contribution in [0.1, 0.15) is 21.7 Å². The van der Waals surface area contributed by atoms with Crippen LogP contribution in [0.25, 0.3) is 22.1 Å². The first kappa shape index (κ1) is 18.3. The standard InChI is InChI=1S/C23H19NO3S/c1-15-12-16(2)19-14-21(27-20(19)13-15)23(25)24-28(26)22-11-7-6-10-18(22)17-8-4-3-5-9-17/h3-14H,1-2H3,(H,24,25). The maximum atomic E-state index is 12.9. The zero-order valence-corrected chi connectivity index (χ0v) is 16.4. The Bertz CT molecular complexity index is 1150. The maximum Gasteiger partial charge on any atom is 0.328 e. The summed E-state index contributed by atoms with van der Waals surface area (Å²) in [5.74, 6) is -0.358. The van der Waals surface area contributed by atoms with Crippen LogP contribution in [0.15, 0.2) is 82.1 Å². The number of nitrogens with one attached hydrogen (secondary N) is 1. The summed E-state index contributed by atoms with van der Waals surface area (Å²) in [4.78, 5) is 13.2. The Labute approximate surface area is 166 Å².